The van der Waals surface area contributed by atoms with Crippen LogP contribution in [0.2, 0.25) is 0 Å². The standard InChI is InChI=1S/C18H32O2P2/c1-13(2)21(14(3)4)19-17-11-9-10-12-18(17)20-22(15(5)6)16(7)8/h9-16H,1-8H3. The fourth-order valence-electron chi connectivity index (χ4n) is 2.44. The van der Waals surface area contributed by atoms with Crippen molar-refractivity contribution in [3.63, 3.8) is 0 Å². The summed E-state index contributed by atoms with van der Waals surface area (Å²) >= 11 is 0. The average molecular weight is 342 g/mol. The van der Waals surface area contributed by atoms with Crippen LogP contribution in [0.3, 0.4) is 0 Å². The molecule has 1 rings (SSSR count). The van der Waals surface area contributed by atoms with Gasteiger partial charge >= 0.3 is 0 Å². The van der Waals surface area contributed by atoms with Crippen molar-refractivity contribution in [1.29, 1.82) is 0 Å². The van der Waals surface area contributed by atoms with Gasteiger partial charge in [0.05, 0.1) is 16.3 Å². The Morgan fingerprint density at radius 2 is 0.864 bits per heavy atom. The molecule has 0 aliphatic carbocycles. The Labute approximate surface area is 139 Å². The highest BCUT2D eigenvalue weighted by Gasteiger charge is 2.24. The van der Waals surface area contributed by atoms with Crippen LogP contribution in [0.25, 0.3) is 0 Å². The number of para-hydroxylation sites is 2. The van der Waals surface area contributed by atoms with Crippen LogP contribution in [0.4, 0.5) is 0 Å². The summed E-state index contributed by atoms with van der Waals surface area (Å²) in [5.41, 5.74) is 2.17. The maximum absolute atomic E-state index is 6.38. The summed E-state index contributed by atoms with van der Waals surface area (Å²) in [4.78, 5) is 0. The summed E-state index contributed by atoms with van der Waals surface area (Å²) < 4.78 is 12.8. The van der Waals surface area contributed by atoms with Crippen LogP contribution in [-0.2, 0) is 0 Å². The van der Waals surface area contributed by atoms with Crippen molar-refractivity contribution < 1.29 is 9.05 Å². The van der Waals surface area contributed by atoms with E-state index in [-0.39, 0.29) is 0 Å². The van der Waals surface area contributed by atoms with E-state index >= 15 is 0 Å². The molecule has 0 aliphatic rings. The van der Waals surface area contributed by atoms with Crippen LogP contribution in [-0.4, -0.2) is 22.6 Å². The van der Waals surface area contributed by atoms with E-state index in [1.54, 1.807) is 0 Å². The van der Waals surface area contributed by atoms with E-state index in [9.17, 15) is 0 Å². The minimum atomic E-state index is -0.500. The molecule has 0 radical (unpaired) electrons. The normalized spacial score (nSPS) is 12.3. The molecule has 0 atom stereocenters. The first-order valence-electron chi connectivity index (χ1n) is 8.25. The first-order valence-corrected chi connectivity index (χ1v) is 11.0. The van der Waals surface area contributed by atoms with Gasteiger partial charge in [-0.25, -0.2) is 0 Å². The third-order valence-electron chi connectivity index (χ3n) is 3.29. The van der Waals surface area contributed by atoms with Gasteiger partial charge in [-0.15, -0.1) is 0 Å². The molecule has 1 aromatic rings. The molecule has 0 unspecified atom stereocenters. The maximum Gasteiger partial charge on any atom is 0.165 e. The lowest BCUT2D eigenvalue weighted by Crippen LogP contribution is -2.11. The van der Waals surface area contributed by atoms with E-state index in [1.807, 2.05) is 24.3 Å². The van der Waals surface area contributed by atoms with Crippen molar-refractivity contribution >= 4 is 16.3 Å². The zero-order valence-electron chi connectivity index (χ0n) is 15.3. The summed E-state index contributed by atoms with van der Waals surface area (Å²) in [5.74, 6) is 1.81. The van der Waals surface area contributed by atoms with Crippen molar-refractivity contribution in [2.75, 3.05) is 0 Å². The number of hydrogen-bond acceptors (Lipinski definition) is 2. The Hall–Kier alpha value is -0.320. The summed E-state index contributed by atoms with van der Waals surface area (Å²) in [6.45, 7) is 17.9. The summed E-state index contributed by atoms with van der Waals surface area (Å²) in [7, 11) is -0.999. The zero-order chi connectivity index (χ0) is 16.9. The topological polar surface area (TPSA) is 18.5 Å². The lowest BCUT2D eigenvalue weighted by atomic mass is 10.3. The second-order valence-electron chi connectivity index (χ2n) is 6.72. The molecule has 0 heterocycles. The predicted molar refractivity (Wildman–Crippen MR) is 102 cm³/mol. The average Bonchev–Trinajstić information content (AvgIpc) is 2.41. The molecule has 22 heavy (non-hydrogen) atoms. The highest BCUT2D eigenvalue weighted by Crippen LogP contribution is 2.53. The highest BCUT2D eigenvalue weighted by atomic mass is 31.1. The van der Waals surface area contributed by atoms with Gasteiger partial charge in [0, 0.05) is 22.6 Å². The van der Waals surface area contributed by atoms with Gasteiger partial charge in [0.2, 0.25) is 0 Å². The number of hydrogen-bond donors (Lipinski definition) is 0. The molecular weight excluding hydrogens is 310 g/mol. The molecule has 0 bridgehead atoms. The Bertz CT molecular complexity index is 387. The molecule has 0 spiro atoms. The van der Waals surface area contributed by atoms with Gasteiger partial charge < -0.3 is 9.05 Å². The minimum Gasteiger partial charge on any atom is -0.470 e. The van der Waals surface area contributed by atoms with Gasteiger partial charge in [-0.05, 0) is 12.1 Å². The Morgan fingerprint density at radius 3 is 1.09 bits per heavy atom. The molecule has 126 valence electrons. The number of benzene rings is 1. The van der Waals surface area contributed by atoms with Crippen LogP contribution in [0.1, 0.15) is 55.4 Å². The maximum atomic E-state index is 6.38. The van der Waals surface area contributed by atoms with E-state index in [1.165, 1.54) is 0 Å². The molecule has 0 aliphatic heterocycles. The van der Waals surface area contributed by atoms with Crippen molar-refractivity contribution in [3.8, 4) is 11.5 Å². The summed E-state index contributed by atoms with van der Waals surface area (Å²) in [6, 6.07) is 8.15. The first-order chi connectivity index (χ1) is 10.2. The van der Waals surface area contributed by atoms with E-state index in [0.717, 1.165) is 11.5 Å². The van der Waals surface area contributed by atoms with E-state index in [2.05, 4.69) is 55.4 Å². The molecule has 0 saturated heterocycles. The lowest BCUT2D eigenvalue weighted by Gasteiger charge is -2.29. The van der Waals surface area contributed by atoms with Gasteiger partial charge in [0.1, 0.15) is 0 Å². The van der Waals surface area contributed by atoms with Crippen molar-refractivity contribution in [3.05, 3.63) is 24.3 Å². The highest BCUT2D eigenvalue weighted by molar-refractivity contribution is 7.54. The Balaban J connectivity index is 2.98. The third kappa shape index (κ3) is 5.71. The smallest absolute Gasteiger partial charge is 0.165 e. The van der Waals surface area contributed by atoms with Gasteiger partial charge in [0.15, 0.2) is 11.5 Å². The quantitative estimate of drug-likeness (QED) is 0.480. The molecular formula is C18H32O2P2. The van der Waals surface area contributed by atoms with Crippen LogP contribution < -0.4 is 9.05 Å². The molecule has 4 heteroatoms. The van der Waals surface area contributed by atoms with Crippen molar-refractivity contribution in [2.24, 2.45) is 0 Å². The molecule has 0 N–H and O–H groups in total. The predicted octanol–water partition coefficient (Wildman–Crippen LogP) is 6.87. The van der Waals surface area contributed by atoms with Gasteiger partial charge in [0.25, 0.3) is 0 Å². The van der Waals surface area contributed by atoms with Gasteiger partial charge in [-0.1, -0.05) is 67.5 Å². The molecule has 0 amide bonds. The minimum absolute atomic E-state index is 0.500. The largest absolute Gasteiger partial charge is 0.470 e. The molecule has 0 saturated carbocycles. The molecule has 1 aromatic carbocycles. The van der Waals surface area contributed by atoms with Crippen LogP contribution in [0.15, 0.2) is 24.3 Å². The fraction of sp³-hybridized carbons (Fsp3) is 0.667. The van der Waals surface area contributed by atoms with Gasteiger partial charge in [-0.3, -0.25) is 0 Å². The van der Waals surface area contributed by atoms with E-state index in [4.69, 9.17) is 9.05 Å². The van der Waals surface area contributed by atoms with Crippen LogP contribution in [0, 0.1) is 0 Å². The number of rotatable bonds is 8. The van der Waals surface area contributed by atoms with Crippen LogP contribution >= 0.6 is 16.3 Å². The fourth-order valence-corrected chi connectivity index (χ4v) is 6.43. The lowest BCUT2D eigenvalue weighted by molar-refractivity contribution is 0.525. The first kappa shape index (κ1) is 19.7. The third-order valence-corrected chi connectivity index (χ3v) is 8.18. The molecule has 2 nitrogen and oxygen atoms in total. The second-order valence-corrected chi connectivity index (χ2v) is 12.7. The van der Waals surface area contributed by atoms with Crippen molar-refractivity contribution in [2.45, 2.75) is 78.0 Å². The zero-order valence-corrected chi connectivity index (χ0v) is 17.1. The van der Waals surface area contributed by atoms with Crippen LogP contribution in [0.5, 0.6) is 11.5 Å². The summed E-state index contributed by atoms with van der Waals surface area (Å²) in [6.07, 6.45) is 0. The Morgan fingerprint density at radius 1 is 0.591 bits per heavy atom. The molecule has 0 fully saturated rings. The molecule has 0 aromatic heterocycles. The second kappa shape index (κ2) is 9.09. The van der Waals surface area contributed by atoms with E-state index < -0.39 is 16.3 Å². The SMILES string of the molecule is CC(C)P(Oc1ccccc1OP(C(C)C)C(C)C)C(C)C. The Kier molecular flexibility index (Phi) is 8.15. The monoisotopic (exact) mass is 342 g/mol. The van der Waals surface area contributed by atoms with Gasteiger partial charge in [-0.2, -0.15) is 0 Å². The summed E-state index contributed by atoms with van der Waals surface area (Å²) in [5, 5.41) is 0. The van der Waals surface area contributed by atoms with Crippen molar-refractivity contribution in [1.82, 2.24) is 0 Å². The van der Waals surface area contributed by atoms with E-state index in [0.29, 0.717) is 22.6 Å².